The van der Waals surface area contributed by atoms with E-state index in [0.717, 1.165) is 64.2 Å². The zero-order valence-corrected chi connectivity index (χ0v) is 30.8. The van der Waals surface area contributed by atoms with Crippen molar-refractivity contribution in [3.8, 4) is 11.3 Å². The van der Waals surface area contributed by atoms with Gasteiger partial charge in [0.2, 0.25) is 0 Å². The third-order valence-electron chi connectivity index (χ3n) is 11.7. The summed E-state index contributed by atoms with van der Waals surface area (Å²) < 4.78 is 22.3. The molecule has 286 valence electrons. The van der Waals surface area contributed by atoms with Gasteiger partial charge in [-0.15, -0.1) is 0 Å². The molecule has 0 spiro atoms. The van der Waals surface area contributed by atoms with Crippen LogP contribution in [0.1, 0.15) is 101 Å². The molecule has 9 rings (SSSR count). The van der Waals surface area contributed by atoms with Crippen LogP contribution >= 0.6 is 0 Å². The number of ketones is 2. The highest BCUT2D eigenvalue weighted by molar-refractivity contribution is 6.24. The molecule has 2 aromatic carbocycles. The van der Waals surface area contributed by atoms with E-state index >= 15 is 0 Å². The number of amides is 3. The minimum atomic E-state index is -0.893. The number of Topliss-reactive ketones (excluding diaryl/α,β-unsaturated/α-hetero) is 2. The van der Waals surface area contributed by atoms with E-state index in [1.165, 1.54) is 12.3 Å². The van der Waals surface area contributed by atoms with E-state index < -0.39 is 23.7 Å². The van der Waals surface area contributed by atoms with E-state index in [9.17, 15) is 28.4 Å². The number of benzene rings is 2. The van der Waals surface area contributed by atoms with Gasteiger partial charge in [0.05, 0.1) is 47.2 Å². The van der Waals surface area contributed by atoms with Crippen LogP contribution in [0.2, 0.25) is 0 Å². The predicted molar refractivity (Wildman–Crippen MR) is 203 cm³/mol. The zero-order valence-electron chi connectivity index (χ0n) is 30.8. The van der Waals surface area contributed by atoms with Crippen LogP contribution in [0.5, 0.6) is 0 Å². The molecule has 4 aromatic rings. The van der Waals surface area contributed by atoms with E-state index in [2.05, 4.69) is 16.5 Å². The van der Waals surface area contributed by atoms with Gasteiger partial charge in [0.25, 0.3) is 11.8 Å². The lowest BCUT2D eigenvalue weighted by Crippen LogP contribution is -2.47. The third kappa shape index (κ3) is 6.90. The van der Waals surface area contributed by atoms with Crippen LogP contribution in [0, 0.1) is 11.7 Å². The summed E-state index contributed by atoms with van der Waals surface area (Å²) in [5.74, 6) is -1.26. The number of hydrogen-bond donors (Lipinski definition) is 1. The van der Waals surface area contributed by atoms with Crippen LogP contribution in [0.25, 0.3) is 16.8 Å². The monoisotopic (exact) mass is 756 g/mol. The first-order valence-electron chi connectivity index (χ1n) is 19.4. The van der Waals surface area contributed by atoms with Crippen LogP contribution in [0.15, 0.2) is 73.1 Å². The van der Waals surface area contributed by atoms with Gasteiger partial charge in [-0.05, 0) is 79.8 Å². The van der Waals surface area contributed by atoms with Crippen molar-refractivity contribution in [2.45, 2.75) is 76.0 Å². The van der Waals surface area contributed by atoms with Crippen LogP contribution in [-0.4, -0.2) is 79.7 Å². The fraction of sp³-hybridized carbons (Fsp3) is 0.372. The molecule has 0 bridgehead atoms. The summed E-state index contributed by atoms with van der Waals surface area (Å²) in [5, 5.41) is 8.51. The molecule has 1 N–H and O–H groups in total. The highest BCUT2D eigenvalue weighted by Gasteiger charge is 2.44. The highest BCUT2D eigenvalue weighted by Crippen LogP contribution is 2.47. The van der Waals surface area contributed by atoms with Gasteiger partial charge >= 0.3 is 6.09 Å². The first kappa shape index (κ1) is 35.7. The van der Waals surface area contributed by atoms with E-state index in [-0.39, 0.29) is 60.7 Å². The Hall–Kier alpha value is -5.98. The first-order chi connectivity index (χ1) is 27.2. The molecule has 3 amide bonds. The third-order valence-corrected chi connectivity index (χ3v) is 11.7. The van der Waals surface area contributed by atoms with Gasteiger partial charge in [-0.25, -0.2) is 9.18 Å². The Morgan fingerprint density at radius 1 is 0.911 bits per heavy atom. The van der Waals surface area contributed by atoms with Crippen LogP contribution < -0.4 is 5.32 Å². The molecule has 12 nitrogen and oxygen atoms in total. The number of nitrogens with one attached hydrogen (secondary N) is 1. The standard InChI is InChI=1S/C43H41FN6O6/c44-29-18-34(27-12-14-48(15-13-27)43(55)56-24-25-4-2-1-3-5-25)40(46-22-29)36-23-49(47-39(36)28-6-7-28)31-16-26(17-31)21-45-30-8-10-33-35(19-30)42(54)50(41(33)53)37-11-9-32(51)20-38(37)52/h1-5,8,10,12,18-19,22-23,26,28,31,37,45H,6-7,9,11,13-17,20-21,24H2. The number of anilines is 1. The summed E-state index contributed by atoms with van der Waals surface area (Å²) in [5.41, 5.74) is 6.45. The molecule has 0 radical (unpaired) electrons. The van der Waals surface area contributed by atoms with Gasteiger partial charge in [-0.3, -0.25) is 33.7 Å². The van der Waals surface area contributed by atoms with E-state index in [4.69, 9.17) is 9.84 Å². The van der Waals surface area contributed by atoms with Crippen LogP contribution in [0.4, 0.5) is 14.9 Å². The number of ether oxygens (including phenoxy) is 1. The maximum atomic E-state index is 14.8. The lowest BCUT2D eigenvalue weighted by Gasteiger charge is -2.35. The Bertz CT molecular complexity index is 2290. The van der Waals surface area contributed by atoms with Crippen molar-refractivity contribution in [3.63, 3.8) is 0 Å². The Balaban J connectivity index is 0.845. The number of hydrogen-bond acceptors (Lipinski definition) is 9. The van der Waals surface area contributed by atoms with Crippen molar-refractivity contribution >= 4 is 40.7 Å². The number of halogens is 1. The van der Waals surface area contributed by atoms with Crippen molar-refractivity contribution in [1.82, 2.24) is 24.6 Å². The predicted octanol–water partition coefficient (Wildman–Crippen LogP) is 6.74. The quantitative estimate of drug-likeness (QED) is 0.138. The Kier molecular flexibility index (Phi) is 9.30. The maximum absolute atomic E-state index is 14.8. The van der Waals surface area contributed by atoms with Gasteiger partial charge in [-0.1, -0.05) is 36.4 Å². The number of fused-ring (bicyclic) bond motifs is 1. The van der Waals surface area contributed by atoms with Crippen LogP contribution in [0.3, 0.4) is 0 Å². The number of nitrogens with zero attached hydrogens (tertiary/aromatic N) is 5. The van der Waals surface area contributed by atoms with Crippen molar-refractivity contribution < 1.29 is 33.1 Å². The molecule has 5 aliphatic rings. The molecule has 3 fully saturated rings. The topological polar surface area (TPSA) is 144 Å². The molecular weight excluding hydrogens is 716 g/mol. The second-order valence-electron chi connectivity index (χ2n) is 15.5. The molecule has 2 aromatic heterocycles. The molecule has 2 aliphatic heterocycles. The lowest BCUT2D eigenvalue weighted by atomic mass is 9.80. The van der Waals surface area contributed by atoms with Crippen LogP contribution in [-0.2, 0) is 20.9 Å². The van der Waals surface area contributed by atoms with Gasteiger partial charge in [-0.2, -0.15) is 5.10 Å². The number of carbonyl (C=O) groups is 5. The van der Waals surface area contributed by atoms with Gasteiger partial charge in [0.1, 0.15) is 18.2 Å². The highest BCUT2D eigenvalue weighted by atomic mass is 19.1. The summed E-state index contributed by atoms with van der Waals surface area (Å²) in [6.07, 6.45) is 9.42. The fourth-order valence-electron chi connectivity index (χ4n) is 8.35. The number of rotatable bonds is 10. The van der Waals surface area contributed by atoms with Gasteiger partial charge in [0, 0.05) is 55.0 Å². The summed E-state index contributed by atoms with van der Waals surface area (Å²) in [6.45, 7) is 1.68. The maximum Gasteiger partial charge on any atom is 0.410 e. The summed E-state index contributed by atoms with van der Waals surface area (Å²) in [7, 11) is 0. The molecule has 1 unspecified atom stereocenters. The molecular formula is C43H41FN6O6. The molecule has 56 heavy (non-hydrogen) atoms. The van der Waals surface area contributed by atoms with Crippen molar-refractivity contribution in [2.24, 2.45) is 5.92 Å². The lowest BCUT2D eigenvalue weighted by molar-refractivity contribution is -0.132. The smallest absolute Gasteiger partial charge is 0.410 e. The van der Waals surface area contributed by atoms with Gasteiger partial charge < -0.3 is 15.0 Å². The molecule has 4 heterocycles. The fourth-order valence-corrected chi connectivity index (χ4v) is 8.35. The average molecular weight is 757 g/mol. The van der Waals surface area contributed by atoms with Crippen molar-refractivity contribution in [3.05, 3.63) is 107 Å². The SMILES string of the molecule is O=C1CCC(N2C(=O)c3ccc(NCC4CC(n5cc(-c6ncc(F)cc6C6=CCN(C(=O)OCc7ccccc7)CC6)c(C6CC6)n5)C4)cc3C2=O)C(=O)C1. The number of imide groups is 1. The summed E-state index contributed by atoms with van der Waals surface area (Å²) in [6, 6.07) is 15.5. The molecule has 3 saturated carbocycles. The van der Waals surface area contributed by atoms with Crippen molar-refractivity contribution in [2.75, 3.05) is 25.0 Å². The van der Waals surface area contributed by atoms with Crippen molar-refractivity contribution in [1.29, 1.82) is 0 Å². The first-order valence-corrected chi connectivity index (χ1v) is 19.4. The van der Waals surface area contributed by atoms with E-state index in [1.807, 2.05) is 41.1 Å². The summed E-state index contributed by atoms with van der Waals surface area (Å²) >= 11 is 0. The summed E-state index contributed by atoms with van der Waals surface area (Å²) in [4.78, 5) is 70.7. The minimum Gasteiger partial charge on any atom is -0.445 e. The Morgan fingerprint density at radius 3 is 2.46 bits per heavy atom. The molecule has 1 atom stereocenters. The average Bonchev–Trinajstić information content (AvgIpc) is 3.90. The Labute approximate surface area is 322 Å². The molecule has 13 heteroatoms. The molecule has 3 aliphatic carbocycles. The number of carbonyl (C=O) groups excluding carboxylic acids is 5. The second-order valence-corrected chi connectivity index (χ2v) is 15.5. The largest absolute Gasteiger partial charge is 0.445 e. The zero-order chi connectivity index (χ0) is 38.5. The van der Waals surface area contributed by atoms with E-state index in [0.29, 0.717) is 43.6 Å². The van der Waals surface area contributed by atoms with Gasteiger partial charge in [0.15, 0.2) is 5.78 Å². The second kappa shape index (κ2) is 14.6. The molecule has 0 saturated heterocycles. The minimum absolute atomic E-state index is 0.162. The normalized spacial score (nSPS) is 22.2. The number of aromatic nitrogens is 3. The number of pyridine rings is 1. The Morgan fingerprint density at radius 2 is 1.71 bits per heavy atom. The van der Waals surface area contributed by atoms with E-state index in [1.54, 1.807) is 23.1 Å².